The van der Waals surface area contributed by atoms with Crippen molar-refractivity contribution in [2.75, 3.05) is 31.9 Å². The molecule has 0 amide bonds. The topological polar surface area (TPSA) is 68.3 Å². The molecule has 1 heterocycles. The van der Waals surface area contributed by atoms with Crippen LogP contribution in [0.4, 0.5) is 17.3 Å². The largest absolute Gasteiger partial charge is 0.497 e. The van der Waals surface area contributed by atoms with E-state index in [2.05, 4.69) is 20.6 Å². The fraction of sp³-hybridized carbons (Fsp3) is 0.333. The van der Waals surface area contributed by atoms with Crippen molar-refractivity contribution in [3.05, 3.63) is 29.6 Å². The molecule has 112 valence electrons. The number of hydrogen-bond donors (Lipinski definition) is 2. The first-order valence-corrected chi connectivity index (χ1v) is 6.60. The Morgan fingerprint density at radius 1 is 0.905 bits per heavy atom. The maximum atomic E-state index is 5.27. The first-order valence-electron chi connectivity index (χ1n) is 6.60. The van der Waals surface area contributed by atoms with E-state index < -0.39 is 0 Å². The van der Waals surface area contributed by atoms with Gasteiger partial charge in [-0.1, -0.05) is 0 Å². The summed E-state index contributed by atoms with van der Waals surface area (Å²) in [5.74, 6) is 3.69. The third-order valence-corrected chi connectivity index (χ3v) is 3.11. The number of hydrogen-bond acceptors (Lipinski definition) is 6. The van der Waals surface area contributed by atoms with Crippen LogP contribution in [0, 0.1) is 13.8 Å². The van der Waals surface area contributed by atoms with E-state index in [9.17, 15) is 0 Å². The van der Waals surface area contributed by atoms with Crippen LogP contribution in [0.1, 0.15) is 11.4 Å². The number of benzene rings is 1. The Morgan fingerprint density at radius 3 is 2.00 bits per heavy atom. The van der Waals surface area contributed by atoms with Crippen LogP contribution in [0.15, 0.2) is 18.2 Å². The number of ether oxygens (including phenoxy) is 2. The molecule has 0 fully saturated rings. The molecular weight excluding hydrogens is 268 g/mol. The van der Waals surface area contributed by atoms with Crippen molar-refractivity contribution in [3.63, 3.8) is 0 Å². The summed E-state index contributed by atoms with van der Waals surface area (Å²) in [6.45, 7) is 3.82. The van der Waals surface area contributed by atoms with Gasteiger partial charge in [0.1, 0.15) is 29.0 Å². The minimum absolute atomic E-state index is 0.697. The quantitative estimate of drug-likeness (QED) is 0.881. The number of aromatic nitrogens is 2. The predicted octanol–water partition coefficient (Wildman–Crippen LogP) is 2.90. The van der Waals surface area contributed by atoms with Crippen molar-refractivity contribution >= 4 is 17.3 Å². The van der Waals surface area contributed by atoms with Gasteiger partial charge in [0.2, 0.25) is 0 Å². The van der Waals surface area contributed by atoms with E-state index in [1.807, 2.05) is 39.1 Å². The van der Waals surface area contributed by atoms with Crippen molar-refractivity contribution in [2.24, 2.45) is 0 Å². The Balaban J connectivity index is 2.40. The number of nitrogens with one attached hydrogen (secondary N) is 2. The summed E-state index contributed by atoms with van der Waals surface area (Å²) in [5, 5.41) is 6.35. The lowest BCUT2D eigenvalue weighted by molar-refractivity contribution is 0.395. The molecule has 0 aliphatic carbocycles. The molecule has 0 saturated carbocycles. The van der Waals surface area contributed by atoms with Crippen LogP contribution >= 0.6 is 0 Å². The lowest BCUT2D eigenvalue weighted by Gasteiger charge is -2.14. The van der Waals surface area contributed by atoms with Gasteiger partial charge >= 0.3 is 0 Å². The summed E-state index contributed by atoms with van der Waals surface area (Å²) in [6, 6.07) is 5.60. The summed E-state index contributed by atoms with van der Waals surface area (Å²) < 4.78 is 10.5. The van der Waals surface area contributed by atoms with Crippen LogP contribution in [0.5, 0.6) is 11.5 Å². The first-order chi connectivity index (χ1) is 10.1. The Morgan fingerprint density at radius 2 is 1.48 bits per heavy atom. The van der Waals surface area contributed by atoms with Crippen molar-refractivity contribution < 1.29 is 9.47 Å². The standard InChI is InChI=1S/C15H20N4O2/c1-9-14(16-3)17-10(2)18-15(9)19-11-6-12(20-4)8-13(7-11)21-5/h6-8H,1-5H3,(H2,16,17,18,19). The third-order valence-electron chi connectivity index (χ3n) is 3.11. The van der Waals surface area contributed by atoms with Crippen LogP contribution in [0.2, 0.25) is 0 Å². The summed E-state index contributed by atoms with van der Waals surface area (Å²) in [4.78, 5) is 8.79. The summed E-state index contributed by atoms with van der Waals surface area (Å²) in [6.07, 6.45) is 0. The Labute approximate surface area is 124 Å². The van der Waals surface area contributed by atoms with Gasteiger partial charge in [0.15, 0.2) is 0 Å². The number of rotatable bonds is 5. The molecule has 6 heteroatoms. The Bertz CT molecular complexity index is 622. The zero-order valence-electron chi connectivity index (χ0n) is 12.9. The van der Waals surface area contributed by atoms with E-state index in [1.54, 1.807) is 14.2 Å². The van der Waals surface area contributed by atoms with Crippen molar-refractivity contribution in [2.45, 2.75) is 13.8 Å². The predicted molar refractivity (Wildman–Crippen MR) is 83.9 cm³/mol. The highest BCUT2D eigenvalue weighted by Gasteiger charge is 2.09. The molecule has 0 atom stereocenters. The second-order valence-corrected chi connectivity index (χ2v) is 4.57. The average molecular weight is 288 g/mol. The summed E-state index contributed by atoms with van der Waals surface area (Å²) >= 11 is 0. The van der Waals surface area contributed by atoms with Crippen molar-refractivity contribution in [1.82, 2.24) is 9.97 Å². The first kappa shape index (κ1) is 14.9. The maximum absolute atomic E-state index is 5.27. The van der Waals surface area contributed by atoms with E-state index >= 15 is 0 Å². The van der Waals surface area contributed by atoms with E-state index in [0.29, 0.717) is 17.3 Å². The molecule has 2 rings (SSSR count). The number of nitrogens with zero attached hydrogens (tertiary/aromatic N) is 2. The second-order valence-electron chi connectivity index (χ2n) is 4.57. The molecular formula is C15H20N4O2. The minimum atomic E-state index is 0.697. The van der Waals surface area contributed by atoms with Gasteiger partial charge in [-0.25, -0.2) is 9.97 Å². The molecule has 2 N–H and O–H groups in total. The van der Waals surface area contributed by atoms with Crippen LogP contribution < -0.4 is 20.1 Å². The third kappa shape index (κ3) is 3.34. The number of anilines is 3. The smallest absolute Gasteiger partial charge is 0.139 e. The molecule has 0 radical (unpaired) electrons. The zero-order valence-corrected chi connectivity index (χ0v) is 12.9. The summed E-state index contributed by atoms with van der Waals surface area (Å²) in [7, 11) is 5.09. The van der Waals surface area contributed by atoms with Gasteiger partial charge in [-0.15, -0.1) is 0 Å². The molecule has 0 bridgehead atoms. The van der Waals surface area contributed by atoms with E-state index in [1.165, 1.54) is 0 Å². The van der Waals surface area contributed by atoms with E-state index in [0.717, 1.165) is 22.9 Å². The molecule has 0 aliphatic rings. The molecule has 0 saturated heterocycles. The molecule has 6 nitrogen and oxygen atoms in total. The van der Waals surface area contributed by atoms with E-state index in [4.69, 9.17) is 9.47 Å². The molecule has 21 heavy (non-hydrogen) atoms. The average Bonchev–Trinajstić information content (AvgIpc) is 2.50. The summed E-state index contributed by atoms with van der Waals surface area (Å²) in [5.41, 5.74) is 1.79. The lowest BCUT2D eigenvalue weighted by Crippen LogP contribution is -2.05. The van der Waals surface area contributed by atoms with Crippen LogP contribution in [0.3, 0.4) is 0 Å². The fourth-order valence-electron chi connectivity index (χ4n) is 2.01. The van der Waals surface area contributed by atoms with Gasteiger partial charge in [-0.2, -0.15) is 0 Å². The molecule has 0 spiro atoms. The highest BCUT2D eigenvalue weighted by molar-refractivity contribution is 5.66. The van der Waals surface area contributed by atoms with Crippen LogP contribution in [0.25, 0.3) is 0 Å². The van der Waals surface area contributed by atoms with Crippen molar-refractivity contribution in [1.29, 1.82) is 0 Å². The van der Waals surface area contributed by atoms with Gasteiger partial charge in [-0.05, 0) is 13.8 Å². The zero-order chi connectivity index (χ0) is 15.4. The fourth-order valence-corrected chi connectivity index (χ4v) is 2.01. The normalized spacial score (nSPS) is 10.1. The van der Waals surface area contributed by atoms with Gasteiger partial charge in [-0.3, -0.25) is 0 Å². The Kier molecular flexibility index (Phi) is 4.47. The molecule has 1 aromatic carbocycles. The van der Waals surface area contributed by atoms with Gasteiger partial charge in [0, 0.05) is 36.5 Å². The molecule has 0 unspecified atom stereocenters. The SMILES string of the molecule is CNc1nc(C)nc(Nc2cc(OC)cc(OC)c2)c1C. The van der Waals surface area contributed by atoms with Crippen LogP contribution in [-0.2, 0) is 0 Å². The lowest BCUT2D eigenvalue weighted by atomic mass is 10.2. The highest BCUT2D eigenvalue weighted by Crippen LogP contribution is 2.29. The van der Waals surface area contributed by atoms with E-state index in [-0.39, 0.29) is 0 Å². The van der Waals surface area contributed by atoms with Crippen LogP contribution in [-0.4, -0.2) is 31.2 Å². The monoisotopic (exact) mass is 288 g/mol. The second kappa shape index (κ2) is 6.30. The Hall–Kier alpha value is -2.50. The molecule has 0 aliphatic heterocycles. The number of methoxy groups -OCH3 is 2. The number of aryl methyl sites for hydroxylation is 1. The molecule has 1 aromatic heterocycles. The van der Waals surface area contributed by atoms with Gasteiger partial charge < -0.3 is 20.1 Å². The minimum Gasteiger partial charge on any atom is -0.497 e. The molecule has 2 aromatic rings. The van der Waals surface area contributed by atoms with Crippen molar-refractivity contribution in [3.8, 4) is 11.5 Å². The highest BCUT2D eigenvalue weighted by atomic mass is 16.5. The van der Waals surface area contributed by atoms with Gasteiger partial charge in [0.25, 0.3) is 0 Å². The maximum Gasteiger partial charge on any atom is 0.139 e. The van der Waals surface area contributed by atoms with Gasteiger partial charge in [0.05, 0.1) is 14.2 Å².